The normalized spacial score (nSPS) is 14.8. The average Bonchev–Trinajstić information content (AvgIpc) is 2.65. The van der Waals surface area contributed by atoms with E-state index in [-0.39, 0.29) is 0 Å². The van der Waals surface area contributed by atoms with Crippen LogP contribution in [0.15, 0.2) is 40.9 Å². The summed E-state index contributed by atoms with van der Waals surface area (Å²) in [6.45, 7) is 4.12. The molecule has 104 valence electrons. The summed E-state index contributed by atoms with van der Waals surface area (Å²) < 4.78 is 1.08. The zero-order valence-corrected chi connectivity index (χ0v) is 13.3. The van der Waals surface area contributed by atoms with Gasteiger partial charge in [0.15, 0.2) is 0 Å². The molecule has 0 saturated heterocycles. The summed E-state index contributed by atoms with van der Waals surface area (Å²) in [4.78, 5) is 2.45. The van der Waals surface area contributed by atoms with Gasteiger partial charge in [0.25, 0.3) is 0 Å². The van der Waals surface area contributed by atoms with Gasteiger partial charge in [-0.1, -0.05) is 24.3 Å². The Hall–Kier alpha value is -1.48. The zero-order valence-electron chi connectivity index (χ0n) is 11.7. The van der Waals surface area contributed by atoms with Gasteiger partial charge in [0, 0.05) is 23.2 Å². The Morgan fingerprint density at radius 1 is 1.15 bits per heavy atom. The molecular weight excluding hydrogens is 312 g/mol. The molecule has 0 fully saturated rings. The topological polar surface area (TPSA) is 29.3 Å². The second kappa shape index (κ2) is 5.49. The fourth-order valence-corrected chi connectivity index (χ4v) is 3.44. The third-order valence-electron chi connectivity index (χ3n) is 4.03. The quantitative estimate of drug-likeness (QED) is 0.790. The smallest absolute Gasteiger partial charge is 0.0517 e. The Kier molecular flexibility index (Phi) is 3.70. The summed E-state index contributed by atoms with van der Waals surface area (Å²) in [6.07, 6.45) is 2.35. The van der Waals surface area contributed by atoms with E-state index in [4.69, 9.17) is 5.73 Å². The molecule has 20 heavy (non-hydrogen) atoms. The number of fused-ring (bicyclic) bond motifs is 1. The molecule has 0 saturated carbocycles. The van der Waals surface area contributed by atoms with Crippen molar-refractivity contribution in [2.24, 2.45) is 0 Å². The highest BCUT2D eigenvalue weighted by Crippen LogP contribution is 2.33. The summed E-state index contributed by atoms with van der Waals surface area (Å²) in [5, 5.41) is 0. The largest absolute Gasteiger partial charge is 0.398 e. The SMILES string of the molecule is Cc1cc(N2CCCc3ccccc3C2)c(Br)cc1N. The van der Waals surface area contributed by atoms with E-state index in [0.29, 0.717) is 0 Å². The van der Waals surface area contributed by atoms with E-state index < -0.39 is 0 Å². The number of aryl methyl sites for hydroxylation is 2. The van der Waals surface area contributed by atoms with Crippen molar-refractivity contribution in [2.75, 3.05) is 17.2 Å². The zero-order chi connectivity index (χ0) is 14.1. The second-order valence-electron chi connectivity index (χ2n) is 5.45. The van der Waals surface area contributed by atoms with Gasteiger partial charge in [-0.05, 0) is 64.5 Å². The molecule has 0 bridgehead atoms. The Bertz CT molecular complexity index is 637. The lowest BCUT2D eigenvalue weighted by Crippen LogP contribution is -2.23. The van der Waals surface area contributed by atoms with Gasteiger partial charge in [-0.3, -0.25) is 0 Å². The van der Waals surface area contributed by atoms with Crippen LogP contribution in [0.4, 0.5) is 11.4 Å². The Balaban J connectivity index is 1.97. The highest BCUT2D eigenvalue weighted by Gasteiger charge is 2.17. The molecule has 2 aromatic rings. The molecule has 2 nitrogen and oxygen atoms in total. The Morgan fingerprint density at radius 3 is 2.70 bits per heavy atom. The number of benzene rings is 2. The Morgan fingerprint density at radius 2 is 1.90 bits per heavy atom. The monoisotopic (exact) mass is 330 g/mol. The summed E-state index contributed by atoms with van der Waals surface area (Å²) in [6, 6.07) is 13.0. The van der Waals surface area contributed by atoms with Crippen LogP contribution in [0.1, 0.15) is 23.1 Å². The van der Waals surface area contributed by atoms with Crippen molar-refractivity contribution in [3.8, 4) is 0 Å². The number of hydrogen-bond donors (Lipinski definition) is 1. The van der Waals surface area contributed by atoms with E-state index in [0.717, 1.165) is 35.2 Å². The number of nitrogens with zero attached hydrogens (tertiary/aromatic N) is 1. The second-order valence-corrected chi connectivity index (χ2v) is 6.31. The van der Waals surface area contributed by atoms with Gasteiger partial charge in [-0.15, -0.1) is 0 Å². The Labute approximate surface area is 128 Å². The lowest BCUT2D eigenvalue weighted by molar-refractivity contribution is 0.764. The van der Waals surface area contributed by atoms with Gasteiger partial charge in [-0.25, -0.2) is 0 Å². The van der Waals surface area contributed by atoms with Crippen LogP contribution in [0.3, 0.4) is 0 Å². The molecule has 3 heteroatoms. The molecule has 0 aromatic heterocycles. The molecule has 1 aliphatic heterocycles. The number of hydrogen-bond acceptors (Lipinski definition) is 2. The van der Waals surface area contributed by atoms with E-state index in [1.807, 2.05) is 6.07 Å². The summed E-state index contributed by atoms with van der Waals surface area (Å²) in [7, 11) is 0. The summed E-state index contributed by atoms with van der Waals surface area (Å²) in [5.41, 5.74) is 12.1. The highest BCUT2D eigenvalue weighted by molar-refractivity contribution is 9.10. The van der Waals surface area contributed by atoms with Crippen LogP contribution in [0.2, 0.25) is 0 Å². The van der Waals surface area contributed by atoms with Crippen molar-refractivity contribution < 1.29 is 0 Å². The van der Waals surface area contributed by atoms with Gasteiger partial charge < -0.3 is 10.6 Å². The first kappa shape index (κ1) is 13.5. The molecule has 3 rings (SSSR count). The highest BCUT2D eigenvalue weighted by atomic mass is 79.9. The molecule has 0 spiro atoms. The van der Waals surface area contributed by atoms with Crippen molar-refractivity contribution in [1.82, 2.24) is 0 Å². The number of anilines is 2. The van der Waals surface area contributed by atoms with E-state index >= 15 is 0 Å². The molecule has 0 unspecified atom stereocenters. The van der Waals surface area contributed by atoms with Gasteiger partial charge in [0.1, 0.15) is 0 Å². The average molecular weight is 331 g/mol. The molecule has 0 radical (unpaired) electrons. The van der Waals surface area contributed by atoms with Gasteiger partial charge in [0.05, 0.1) is 5.69 Å². The molecule has 2 aromatic carbocycles. The number of rotatable bonds is 1. The molecule has 0 aliphatic carbocycles. The fourth-order valence-electron chi connectivity index (χ4n) is 2.83. The first-order valence-electron chi connectivity index (χ1n) is 7.02. The van der Waals surface area contributed by atoms with Gasteiger partial charge in [-0.2, -0.15) is 0 Å². The van der Waals surface area contributed by atoms with Gasteiger partial charge >= 0.3 is 0 Å². The maximum Gasteiger partial charge on any atom is 0.0517 e. The molecular formula is C17H19BrN2. The van der Waals surface area contributed by atoms with Crippen LogP contribution < -0.4 is 10.6 Å². The molecule has 1 heterocycles. The minimum Gasteiger partial charge on any atom is -0.398 e. The van der Waals surface area contributed by atoms with Crippen LogP contribution >= 0.6 is 15.9 Å². The minimum absolute atomic E-state index is 0.843. The van der Waals surface area contributed by atoms with E-state index in [1.54, 1.807) is 0 Å². The number of nitrogen functional groups attached to an aromatic ring is 1. The van der Waals surface area contributed by atoms with Crippen LogP contribution in [0.25, 0.3) is 0 Å². The summed E-state index contributed by atoms with van der Waals surface area (Å²) >= 11 is 3.66. The predicted molar refractivity (Wildman–Crippen MR) is 89.1 cm³/mol. The van der Waals surface area contributed by atoms with Crippen molar-refractivity contribution in [2.45, 2.75) is 26.3 Å². The van der Waals surface area contributed by atoms with Gasteiger partial charge in [0.2, 0.25) is 0 Å². The van der Waals surface area contributed by atoms with Crippen LogP contribution in [-0.2, 0) is 13.0 Å². The third kappa shape index (κ3) is 2.55. The van der Waals surface area contributed by atoms with Crippen LogP contribution in [0, 0.1) is 6.92 Å². The minimum atomic E-state index is 0.843. The molecule has 1 aliphatic rings. The van der Waals surface area contributed by atoms with Crippen LogP contribution in [0.5, 0.6) is 0 Å². The summed E-state index contributed by atoms with van der Waals surface area (Å²) in [5.74, 6) is 0. The van der Waals surface area contributed by atoms with Crippen molar-refractivity contribution in [1.29, 1.82) is 0 Å². The fraction of sp³-hybridized carbons (Fsp3) is 0.294. The lowest BCUT2D eigenvalue weighted by atomic mass is 10.0. The predicted octanol–water partition coefficient (Wildman–Crippen LogP) is 4.29. The molecule has 2 N–H and O–H groups in total. The van der Waals surface area contributed by atoms with Crippen molar-refractivity contribution >= 4 is 27.3 Å². The standard InChI is InChI=1S/C17H19BrN2/c1-12-9-17(15(18)10-16(12)19)20-8-4-7-13-5-2-3-6-14(13)11-20/h2-3,5-6,9-10H,4,7-8,11,19H2,1H3. The van der Waals surface area contributed by atoms with Crippen LogP contribution in [-0.4, -0.2) is 6.54 Å². The maximum absolute atomic E-state index is 5.98. The van der Waals surface area contributed by atoms with Crippen molar-refractivity contribution in [3.05, 3.63) is 57.6 Å². The number of halogens is 1. The van der Waals surface area contributed by atoms with E-state index in [1.165, 1.54) is 23.2 Å². The lowest BCUT2D eigenvalue weighted by Gasteiger charge is -2.25. The molecule has 0 amide bonds. The first-order valence-corrected chi connectivity index (χ1v) is 7.82. The van der Waals surface area contributed by atoms with E-state index in [9.17, 15) is 0 Å². The third-order valence-corrected chi connectivity index (χ3v) is 4.67. The van der Waals surface area contributed by atoms with E-state index in [2.05, 4.69) is 58.1 Å². The maximum atomic E-state index is 5.98. The first-order chi connectivity index (χ1) is 9.65. The van der Waals surface area contributed by atoms with Crippen molar-refractivity contribution in [3.63, 3.8) is 0 Å². The number of nitrogens with two attached hydrogens (primary N) is 1. The molecule has 0 atom stereocenters.